The lowest BCUT2D eigenvalue weighted by atomic mass is 10.1. The topological polar surface area (TPSA) is 122 Å². The predicted octanol–water partition coefficient (Wildman–Crippen LogP) is 1.69. The average molecular weight is 360 g/mol. The van der Waals surface area contributed by atoms with E-state index < -0.39 is 22.8 Å². The molecule has 0 bridgehead atoms. The van der Waals surface area contributed by atoms with Crippen molar-refractivity contribution in [1.29, 1.82) is 5.26 Å². The van der Waals surface area contributed by atoms with Gasteiger partial charge in [-0.05, 0) is 30.5 Å². The van der Waals surface area contributed by atoms with Crippen molar-refractivity contribution in [2.75, 3.05) is 0 Å². The lowest BCUT2D eigenvalue weighted by molar-refractivity contribution is 0.0996. The minimum atomic E-state index is -1.02. The molecule has 3 rings (SSSR count). The van der Waals surface area contributed by atoms with Gasteiger partial charge < -0.3 is 10.8 Å². The van der Waals surface area contributed by atoms with Crippen molar-refractivity contribution < 1.29 is 9.90 Å². The van der Waals surface area contributed by atoms with Crippen LogP contribution in [0.3, 0.4) is 0 Å². The molecule has 3 N–H and O–H groups in total. The number of amides is 1. The number of carbonyl (C=O) groups is 1. The second kappa shape index (κ2) is 7.54. The SMILES string of the molecule is N#Cc1ccc(-n2c(CCc3ccccc3)cc(O)c(C(N)=O)c2=O)nc1. The van der Waals surface area contributed by atoms with Gasteiger partial charge in [-0.25, -0.2) is 4.98 Å². The first-order valence-corrected chi connectivity index (χ1v) is 8.19. The minimum absolute atomic E-state index is 0.240. The number of carbonyl (C=O) groups excluding carboxylic acids is 1. The van der Waals surface area contributed by atoms with Crippen LogP contribution in [-0.2, 0) is 12.8 Å². The fourth-order valence-electron chi connectivity index (χ4n) is 2.81. The molecule has 0 spiro atoms. The highest BCUT2D eigenvalue weighted by molar-refractivity contribution is 5.95. The van der Waals surface area contributed by atoms with E-state index in [1.807, 2.05) is 36.4 Å². The van der Waals surface area contributed by atoms with Crippen LogP contribution in [-0.4, -0.2) is 20.6 Å². The summed E-state index contributed by atoms with van der Waals surface area (Å²) in [5.74, 6) is -1.24. The number of hydrogen-bond donors (Lipinski definition) is 2. The number of nitriles is 1. The van der Waals surface area contributed by atoms with E-state index in [1.54, 1.807) is 0 Å². The van der Waals surface area contributed by atoms with Crippen LogP contribution in [0, 0.1) is 11.3 Å². The van der Waals surface area contributed by atoms with Gasteiger partial charge in [-0.3, -0.25) is 14.2 Å². The second-order valence-electron chi connectivity index (χ2n) is 5.90. The highest BCUT2D eigenvalue weighted by Crippen LogP contribution is 2.19. The summed E-state index contributed by atoms with van der Waals surface area (Å²) in [4.78, 5) is 28.6. The first kappa shape index (κ1) is 17.9. The molecule has 0 fully saturated rings. The van der Waals surface area contributed by atoms with Crippen molar-refractivity contribution in [1.82, 2.24) is 9.55 Å². The van der Waals surface area contributed by atoms with E-state index in [4.69, 9.17) is 11.0 Å². The number of rotatable bonds is 5. The number of benzene rings is 1. The van der Waals surface area contributed by atoms with Crippen molar-refractivity contribution in [2.45, 2.75) is 12.8 Å². The highest BCUT2D eigenvalue weighted by atomic mass is 16.3. The molecule has 0 aliphatic carbocycles. The van der Waals surface area contributed by atoms with Crippen LogP contribution in [0.15, 0.2) is 59.5 Å². The fourth-order valence-corrected chi connectivity index (χ4v) is 2.81. The molecule has 0 saturated carbocycles. The van der Waals surface area contributed by atoms with Gasteiger partial charge in [0.05, 0.1) is 5.56 Å². The van der Waals surface area contributed by atoms with Crippen LogP contribution in [0.1, 0.15) is 27.2 Å². The maximum atomic E-state index is 12.8. The molecule has 0 saturated heterocycles. The zero-order valence-corrected chi connectivity index (χ0v) is 14.3. The molecule has 0 radical (unpaired) electrons. The summed E-state index contributed by atoms with van der Waals surface area (Å²) in [6.45, 7) is 0. The van der Waals surface area contributed by atoms with Crippen LogP contribution >= 0.6 is 0 Å². The van der Waals surface area contributed by atoms with Crippen LogP contribution in [0.2, 0.25) is 0 Å². The molecule has 134 valence electrons. The maximum absolute atomic E-state index is 12.8. The summed E-state index contributed by atoms with van der Waals surface area (Å²) in [6, 6.07) is 16.0. The largest absolute Gasteiger partial charge is 0.507 e. The van der Waals surface area contributed by atoms with E-state index in [0.29, 0.717) is 24.1 Å². The standard InChI is InChI=1S/C20H16N4O3/c21-11-14-7-9-17(23-12-14)24-15(8-6-13-4-2-1-3-5-13)10-16(25)18(19(22)26)20(24)27/h1-5,7,9-10,12,25H,6,8H2,(H2,22,26). The second-order valence-corrected chi connectivity index (χ2v) is 5.90. The smallest absolute Gasteiger partial charge is 0.273 e. The molecule has 7 heteroatoms. The van der Waals surface area contributed by atoms with Crippen LogP contribution in [0.4, 0.5) is 0 Å². The Balaban J connectivity index is 2.12. The van der Waals surface area contributed by atoms with E-state index in [1.165, 1.54) is 29.0 Å². The van der Waals surface area contributed by atoms with E-state index in [9.17, 15) is 14.7 Å². The van der Waals surface area contributed by atoms with Gasteiger partial charge in [0.15, 0.2) is 0 Å². The van der Waals surface area contributed by atoms with Crippen LogP contribution in [0.25, 0.3) is 5.82 Å². The first-order valence-electron chi connectivity index (χ1n) is 8.19. The Bertz CT molecular complexity index is 1080. The number of nitrogens with two attached hydrogens (primary N) is 1. The van der Waals surface area contributed by atoms with Crippen molar-refractivity contribution in [2.24, 2.45) is 5.73 Å². The van der Waals surface area contributed by atoms with Crippen molar-refractivity contribution in [3.8, 4) is 17.6 Å². The first-order chi connectivity index (χ1) is 13.0. The van der Waals surface area contributed by atoms with E-state index >= 15 is 0 Å². The lowest BCUT2D eigenvalue weighted by Crippen LogP contribution is -2.31. The monoisotopic (exact) mass is 360 g/mol. The van der Waals surface area contributed by atoms with Crippen molar-refractivity contribution in [3.63, 3.8) is 0 Å². The number of aryl methyl sites for hydroxylation is 2. The Kier molecular flexibility index (Phi) is 4.99. The molecule has 0 aliphatic rings. The Morgan fingerprint density at radius 3 is 2.52 bits per heavy atom. The number of aromatic nitrogens is 2. The molecule has 0 unspecified atom stereocenters. The van der Waals surface area contributed by atoms with Gasteiger partial charge in [-0.1, -0.05) is 30.3 Å². The summed E-state index contributed by atoms with van der Waals surface area (Å²) in [5, 5.41) is 19.0. The highest BCUT2D eigenvalue weighted by Gasteiger charge is 2.20. The van der Waals surface area contributed by atoms with Crippen molar-refractivity contribution in [3.05, 3.63) is 87.5 Å². The van der Waals surface area contributed by atoms with Gasteiger partial charge >= 0.3 is 0 Å². The summed E-state index contributed by atoms with van der Waals surface area (Å²) in [6.07, 6.45) is 2.37. The Morgan fingerprint density at radius 1 is 1.19 bits per heavy atom. The zero-order valence-electron chi connectivity index (χ0n) is 14.3. The number of hydrogen-bond acceptors (Lipinski definition) is 5. The molecule has 0 aliphatic heterocycles. The average Bonchev–Trinajstić information content (AvgIpc) is 2.67. The quantitative estimate of drug-likeness (QED) is 0.717. The fraction of sp³-hybridized carbons (Fsp3) is 0.100. The lowest BCUT2D eigenvalue weighted by Gasteiger charge is -2.14. The number of pyridine rings is 2. The molecule has 3 aromatic rings. The van der Waals surface area contributed by atoms with E-state index in [0.717, 1.165) is 5.56 Å². The van der Waals surface area contributed by atoms with Gasteiger partial charge in [-0.2, -0.15) is 5.26 Å². The van der Waals surface area contributed by atoms with Gasteiger partial charge in [0.1, 0.15) is 23.2 Å². The molecular formula is C20H16N4O3. The number of nitrogens with zero attached hydrogens (tertiary/aromatic N) is 3. The maximum Gasteiger partial charge on any atom is 0.273 e. The van der Waals surface area contributed by atoms with Gasteiger partial charge in [-0.15, -0.1) is 0 Å². The Labute approximate surface area is 155 Å². The molecule has 7 nitrogen and oxygen atoms in total. The summed E-state index contributed by atoms with van der Waals surface area (Å²) >= 11 is 0. The third-order valence-electron chi connectivity index (χ3n) is 4.13. The van der Waals surface area contributed by atoms with Crippen molar-refractivity contribution >= 4 is 5.91 Å². The van der Waals surface area contributed by atoms with Gasteiger partial charge in [0.25, 0.3) is 11.5 Å². The molecule has 27 heavy (non-hydrogen) atoms. The number of aromatic hydroxyl groups is 1. The summed E-state index contributed by atoms with van der Waals surface area (Å²) < 4.78 is 1.24. The molecule has 2 aromatic heterocycles. The normalized spacial score (nSPS) is 10.3. The Morgan fingerprint density at radius 2 is 1.93 bits per heavy atom. The number of primary amides is 1. The predicted molar refractivity (Wildman–Crippen MR) is 98.6 cm³/mol. The van der Waals surface area contributed by atoms with E-state index in [-0.39, 0.29) is 5.82 Å². The van der Waals surface area contributed by atoms with Gasteiger partial charge in [0.2, 0.25) is 0 Å². The van der Waals surface area contributed by atoms with Crippen LogP contribution < -0.4 is 11.3 Å². The third-order valence-corrected chi connectivity index (χ3v) is 4.13. The molecular weight excluding hydrogens is 344 g/mol. The zero-order chi connectivity index (χ0) is 19.4. The van der Waals surface area contributed by atoms with Gasteiger partial charge in [0, 0.05) is 18.0 Å². The molecule has 1 aromatic carbocycles. The summed E-state index contributed by atoms with van der Waals surface area (Å²) in [7, 11) is 0. The van der Waals surface area contributed by atoms with Crippen LogP contribution in [0.5, 0.6) is 5.75 Å². The molecule has 0 atom stereocenters. The summed E-state index contributed by atoms with van der Waals surface area (Å²) in [5.41, 5.74) is 5.88. The minimum Gasteiger partial charge on any atom is -0.507 e. The van der Waals surface area contributed by atoms with E-state index in [2.05, 4.69) is 4.98 Å². The molecule has 2 heterocycles. The third kappa shape index (κ3) is 3.70. The molecule has 1 amide bonds. The Hall–Kier alpha value is -3.92.